The lowest BCUT2D eigenvalue weighted by Crippen LogP contribution is -2.32. The summed E-state index contributed by atoms with van der Waals surface area (Å²) in [6, 6.07) is 0. The van der Waals surface area contributed by atoms with Crippen LogP contribution in [0.25, 0.3) is 0 Å². The van der Waals surface area contributed by atoms with E-state index in [1.807, 2.05) is 13.8 Å². The van der Waals surface area contributed by atoms with Gasteiger partial charge in [-0.25, -0.2) is 4.79 Å². The van der Waals surface area contributed by atoms with Gasteiger partial charge in [-0.05, 0) is 13.8 Å². The zero-order valence-electron chi connectivity index (χ0n) is 9.19. The first-order valence-electron chi connectivity index (χ1n) is 5.02. The number of carbonyl (C=O) groups excluding carboxylic acids is 1. The fraction of sp³-hybridized carbons (Fsp3) is 0.600. The number of carboxylic acids is 1. The van der Waals surface area contributed by atoms with Crippen molar-refractivity contribution in [1.29, 1.82) is 0 Å². The van der Waals surface area contributed by atoms with Gasteiger partial charge in [-0.15, -0.1) is 0 Å². The zero-order valence-corrected chi connectivity index (χ0v) is 9.19. The third-order valence-corrected chi connectivity index (χ3v) is 1.94. The summed E-state index contributed by atoms with van der Waals surface area (Å²) in [5.41, 5.74) is 0. The van der Waals surface area contributed by atoms with Crippen LogP contribution in [0.5, 0.6) is 0 Å². The summed E-state index contributed by atoms with van der Waals surface area (Å²) in [6.07, 6.45) is 2.71. The summed E-state index contributed by atoms with van der Waals surface area (Å²) in [5, 5.41) is 11.0. The van der Waals surface area contributed by atoms with Gasteiger partial charge in [0.25, 0.3) is 0 Å². The molecule has 2 N–H and O–H groups in total. The van der Waals surface area contributed by atoms with E-state index in [4.69, 9.17) is 5.11 Å². The number of carboxylic acid groups (broad SMARTS) is 1. The Labute approximate surface area is 89.8 Å². The molecular weight excluding hydrogens is 196 g/mol. The van der Waals surface area contributed by atoms with Crippen molar-refractivity contribution >= 4 is 11.9 Å². The molecule has 0 saturated heterocycles. The Kier molecular flexibility index (Phi) is 7.05. The molecule has 0 atom stereocenters. The average Bonchev–Trinajstić information content (AvgIpc) is 2.18. The molecule has 0 saturated carbocycles. The summed E-state index contributed by atoms with van der Waals surface area (Å²) in [4.78, 5) is 23.3. The highest BCUT2D eigenvalue weighted by atomic mass is 16.4. The molecule has 0 radical (unpaired) electrons. The second kappa shape index (κ2) is 7.84. The molecule has 5 nitrogen and oxygen atoms in total. The van der Waals surface area contributed by atoms with Gasteiger partial charge in [0.15, 0.2) is 0 Å². The SMILES string of the molecule is CCN(CC)C(=O)CCN/C=C/C(=O)O. The van der Waals surface area contributed by atoms with E-state index in [0.717, 1.165) is 6.08 Å². The topological polar surface area (TPSA) is 69.6 Å². The Hall–Kier alpha value is -1.52. The van der Waals surface area contributed by atoms with E-state index in [-0.39, 0.29) is 5.91 Å². The predicted molar refractivity (Wildman–Crippen MR) is 57.3 cm³/mol. The van der Waals surface area contributed by atoms with Crippen LogP contribution in [0.2, 0.25) is 0 Å². The summed E-state index contributed by atoms with van der Waals surface area (Å²) in [5.74, 6) is -0.922. The quantitative estimate of drug-likeness (QED) is 0.476. The number of amides is 1. The molecule has 0 aliphatic heterocycles. The van der Waals surface area contributed by atoms with E-state index in [1.54, 1.807) is 4.90 Å². The Balaban J connectivity index is 3.67. The Morgan fingerprint density at radius 3 is 2.40 bits per heavy atom. The van der Waals surface area contributed by atoms with Crippen molar-refractivity contribution in [3.63, 3.8) is 0 Å². The smallest absolute Gasteiger partial charge is 0.329 e. The van der Waals surface area contributed by atoms with Gasteiger partial charge in [0, 0.05) is 38.3 Å². The lowest BCUT2D eigenvalue weighted by Gasteiger charge is -2.18. The maximum absolute atomic E-state index is 11.4. The first-order valence-corrected chi connectivity index (χ1v) is 5.02. The fourth-order valence-electron chi connectivity index (χ4n) is 1.13. The van der Waals surface area contributed by atoms with E-state index < -0.39 is 5.97 Å². The molecule has 0 rings (SSSR count). The van der Waals surface area contributed by atoms with Crippen LogP contribution in [0.3, 0.4) is 0 Å². The number of aliphatic carboxylic acids is 1. The van der Waals surface area contributed by atoms with E-state index in [1.165, 1.54) is 6.20 Å². The second-order valence-corrected chi connectivity index (χ2v) is 2.94. The summed E-state index contributed by atoms with van der Waals surface area (Å²) in [7, 11) is 0. The standard InChI is InChI=1S/C10H18N2O3/c1-3-12(4-2)9(13)5-7-11-8-6-10(14)15/h6,8,11H,3-5,7H2,1-2H3,(H,14,15)/b8-6+. The molecule has 0 aromatic heterocycles. The number of nitrogens with zero attached hydrogens (tertiary/aromatic N) is 1. The van der Waals surface area contributed by atoms with Gasteiger partial charge in [0.1, 0.15) is 0 Å². The molecule has 0 aromatic rings. The Bertz CT molecular complexity index is 235. The number of rotatable bonds is 7. The molecule has 0 spiro atoms. The van der Waals surface area contributed by atoms with Crippen molar-refractivity contribution < 1.29 is 14.7 Å². The number of hydrogen-bond donors (Lipinski definition) is 2. The minimum atomic E-state index is -1.00. The Morgan fingerprint density at radius 1 is 1.33 bits per heavy atom. The van der Waals surface area contributed by atoms with Crippen LogP contribution in [0, 0.1) is 0 Å². The number of hydrogen-bond acceptors (Lipinski definition) is 3. The van der Waals surface area contributed by atoms with Gasteiger partial charge >= 0.3 is 5.97 Å². The fourth-order valence-corrected chi connectivity index (χ4v) is 1.13. The third-order valence-electron chi connectivity index (χ3n) is 1.94. The van der Waals surface area contributed by atoms with Crippen molar-refractivity contribution in [3.8, 4) is 0 Å². The van der Waals surface area contributed by atoms with E-state index in [0.29, 0.717) is 26.1 Å². The van der Waals surface area contributed by atoms with Crippen molar-refractivity contribution in [2.24, 2.45) is 0 Å². The van der Waals surface area contributed by atoms with Crippen molar-refractivity contribution in [2.45, 2.75) is 20.3 Å². The summed E-state index contributed by atoms with van der Waals surface area (Å²) >= 11 is 0. The second-order valence-electron chi connectivity index (χ2n) is 2.94. The first-order chi connectivity index (χ1) is 7.11. The van der Waals surface area contributed by atoms with Crippen LogP contribution in [0.15, 0.2) is 12.3 Å². The monoisotopic (exact) mass is 214 g/mol. The molecular formula is C10H18N2O3. The van der Waals surface area contributed by atoms with Crippen LogP contribution < -0.4 is 5.32 Å². The normalized spacial score (nSPS) is 10.3. The van der Waals surface area contributed by atoms with E-state index >= 15 is 0 Å². The molecule has 0 aliphatic rings. The molecule has 0 fully saturated rings. The maximum Gasteiger partial charge on any atom is 0.329 e. The van der Waals surface area contributed by atoms with Gasteiger partial charge < -0.3 is 15.3 Å². The average molecular weight is 214 g/mol. The molecule has 0 aromatic carbocycles. The van der Waals surface area contributed by atoms with Gasteiger partial charge in [-0.3, -0.25) is 4.79 Å². The van der Waals surface area contributed by atoms with Crippen molar-refractivity contribution in [3.05, 3.63) is 12.3 Å². The molecule has 15 heavy (non-hydrogen) atoms. The van der Waals surface area contributed by atoms with E-state index in [9.17, 15) is 9.59 Å². The minimum absolute atomic E-state index is 0.0798. The molecule has 0 aliphatic carbocycles. The van der Waals surface area contributed by atoms with Gasteiger partial charge in [-0.2, -0.15) is 0 Å². The van der Waals surface area contributed by atoms with E-state index in [2.05, 4.69) is 5.32 Å². The zero-order chi connectivity index (χ0) is 11.7. The molecule has 0 heterocycles. The third kappa shape index (κ3) is 6.54. The van der Waals surface area contributed by atoms with Gasteiger partial charge in [0.05, 0.1) is 0 Å². The molecule has 0 bridgehead atoms. The highest BCUT2D eigenvalue weighted by molar-refractivity contribution is 5.79. The lowest BCUT2D eigenvalue weighted by atomic mass is 10.3. The van der Waals surface area contributed by atoms with Crippen LogP contribution in [0.1, 0.15) is 20.3 Å². The largest absolute Gasteiger partial charge is 0.478 e. The summed E-state index contributed by atoms with van der Waals surface area (Å²) in [6.45, 7) is 5.73. The number of carbonyl (C=O) groups is 2. The predicted octanol–water partition coefficient (Wildman–Crippen LogP) is 0.433. The molecule has 86 valence electrons. The summed E-state index contributed by atoms with van der Waals surface area (Å²) < 4.78 is 0. The van der Waals surface area contributed by atoms with Crippen LogP contribution >= 0.6 is 0 Å². The van der Waals surface area contributed by atoms with Crippen LogP contribution in [0.4, 0.5) is 0 Å². The Morgan fingerprint density at radius 2 is 1.93 bits per heavy atom. The highest BCUT2D eigenvalue weighted by Crippen LogP contribution is 1.92. The van der Waals surface area contributed by atoms with Crippen LogP contribution in [-0.2, 0) is 9.59 Å². The van der Waals surface area contributed by atoms with Crippen molar-refractivity contribution in [1.82, 2.24) is 10.2 Å². The van der Waals surface area contributed by atoms with Gasteiger partial charge in [-0.1, -0.05) is 0 Å². The van der Waals surface area contributed by atoms with Crippen LogP contribution in [-0.4, -0.2) is 41.5 Å². The van der Waals surface area contributed by atoms with Crippen molar-refractivity contribution in [2.75, 3.05) is 19.6 Å². The number of nitrogens with one attached hydrogen (secondary N) is 1. The first kappa shape index (κ1) is 13.5. The van der Waals surface area contributed by atoms with Gasteiger partial charge in [0.2, 0.25) is 5.91 Å². The highest BCUT2D eigenvalue weighted by Gasteiger charge is 2.07. The molecule has 0 unspecified atom stereocenters. The lowest BCUT2D eigenvalue weighted by molar-refractivity contribution is -0.131. The minimum Gasteiger partial charge on any atom is -0.478 e. The molecule has 1 amide bonds. The maximum atomic E-state index is 11.4. The molecule has 5 heteroatoms.